The van der Waals surface area contributed by atoms with E-state index in [9.17, 15) is 13.2 Å². The van der Waals surface area contributed by atoms with E-state index in [1.165, 1.54) is 10.4 Å². The van der Waals surface area contributed by atoms with Crippen LogP contribution >= 0.6 is 11.3 Å². The first-order chi connectivity index (χ1) is 14.0. The normalized spacial score (nSPS) is 15.3. The number of carbonyl (C=O) groups is 1. The highest BCUT2D eigenvalue weighted by molar-refractivity contribution is 7.89. The third-order valence-corrected chi connectivity index (χ3v) is 7.94. The second-order valence-electron chi connectivity index (χ2n) is 6.84. The van der Waals surface area contributed by atoms with Gasteiger partial charge in [0, 0.05) is 13.1 Å². The number of esters is 1. The summed E-state index contributed by atoms with van der Waals surface area (Å²) in [4.78, 5) is 12.9. The Bertz CT molecular complexity index is 1150. The molecule has 29 heavy (non-hydrogen) atoms. The molecule has 0 aliphatic carbocycles. The number of carbonyl (C=O) groups excluding carboxylic acids is 1. The molecule has 3 aromatic rings. The number of nitrogens with zero attached hydrogens (tertiary/aromatic N) is 1. The molecule has 0 saturated carbocycles. The summed E-state index contributed by atoms with van der Waals surface area (Å²) in [6.07, 6.45) is 2.70. The molecule has 1 aromatic heterocycles. The molecule has 1 aliphatic heterocycles. The van der Waals surface area contributed by atoms with E-state index >= 15 is 0 Å². The molecule has 6 nitrogen and oxygen atoms in total. The molecule has 2 aromatic carbocycles. The molecule has 0 spiro atoms. The van der Waals surface area contributed by atoms with Gasteiger partial charge >= 0.3 is 5.97 Å². The maximum absolute atomic E-state index is 13.0. The number of thiophene rings is 1. The maximum Gasteiger partial charge on any atom is 0.355 e. The van der Waals surface area contributed by atoms with Crippen LogP contribution in [0.5, 0.6) is 11.5 Å². The quantitative estimate of drug-likeness (QED) is 0.445. The number of hydrogen-bond acceptors (Lipinski definition) is 6. The average molecular weight is 432 g/mol. The molecule has 0 bridgehead atoms. The number of fused-ring (bicyclic) bond motifs is 1. The lowest BCUT2D eigenvalue weighted by Crippen LogP contribution is -2.36. The van der Waals surface area contributed by atoms with E-state index in [4.69, 9.17) is 9.47 Å². The number of rotatable bonds is 5. The van der Waals surface area contributed by atoms with Crippen molar-refractivity contribution in [3.05, 3.63) is 52.7 Å². The highest BCUT2D eigenvalue weighted by atomic mass is 32.2. The van der Waals surface area contributed by atoms with Crippen molar-refractivity contribution >= 4 is 38.1 Å². The molecule has 0 radical (unpaired) electrons. The van der Waals surface area contributed by atoms with Crippen LogP contribution in [0.3, 0.4) is 0 Å². The topological polar surface area (TPSA) is 72.9 Å². The highest BCUT2D eigenvalue weighted by Crippen LogP contribution is 2.30. The predicted octanol–water partition coefficient (Wildman–Crippen LogP) is 4.30. The fraction of sp³-hybridized carbons (Fsp3) is 0.286. The first-order valence-corrected chi connectivity index (χ1v) is 11.7. The minimum absolute atomic E-state index is 0.0249. The molecule has 2 heterocycles. The summed E-state index contributed by atoms with van der Waals surface area (Å²) in [5, 5.41) is 3.45. The van der Waals surface area contributed by atoms with Crippen LogP contribution in [-0.2, 0) is 10.0 Å². The predicted molar refractivity (Wildman–Crippen MR) is 112 cm³/mol. The van der Waals surface area contributed by atoms with Crippen molar-refractivity contribution in [2.24, 2.45) is 0 Å². The van der Waals surface area contributed by atoms with Crippen LogP contribution in [-0.4, -0.2) is 38.9 Å². The number of methoxy groups -OCH3 is 1. The molecule has 0 unspecified atom stereocenters. The molecule has 1 aliphatic rings. The van der Waals surface area contributed by atoms with E-state index in [0.29, 0.717) is 24.6 Å². The number of ether oxygens (including phenoxy) is 2. The standard InChI is InChI=1S/C21H21NO5S2/c1-26-17-7-5-15-6-8-18(14-16(15)13-17)27-21(23)20-19(9-12-28-20)29(24,25)22-10-3-2-4-11-22/h5-9,12-14H,2-4,10-11H2,1H3. The van der Waals surface area contributed by atoms with Gasteiger partial charge in [0.1, 0.15) is 21.3 Å². The summed E-state index contributed by atoms with van der Waals surface area (Å²) in [7, 11) is -2.11. The fourth-order valence-corrected chi connectivity index (χ4v) is 6.22. The zero-order valence-corrected chi connectivity index (χ0v) is 17.6. The van der Waals surface area contributed by atoms with Crippen molar-refractivity contribution < 1.29 is 22.7 Å². The van der Waals surface area contributed by atoms with Crippen molar-refractivity contribution in [1.82, 2.24) is 4.31 Å². The Morgan fingerprint density at radius 1 is 0.966 bits per heavy atom. The van der Waals surface area contributed by atoms with Gasteiger partial charge in [-0.25, -0.2) is 13.2 Å². The van der Waals surface area contributed by atoms with Gasteiger partial charge in [0.15, 0.2) is 0 Å². The summed E-state index contributed by atoms with van der Waals surface area (Å²) in [6, 6.07) is 12.4. The molecular weight excluding hydrogens is 410 g/mol. The van der Waals surface area contributed by atoms with E-state index in [2.05, 4.69) is 0 Å². The Morgan fingerprint density at radius 3 is 2.38 bits per heavy atom. The monoisotopic (exact) mass is 431 g/mol. The Hall–Kier alpha value is -2.42. The molecule has 1 saturated heterocycles. The van der Waals surface area contributed by atoms with Crippen LogP contribution in [0.1, 0.15) is 28.9 Å². The molecule has 0 N–H and O–H groups in total. The molecule has 1 fully saturated rings. The summed E-state index contributed by atoms with van der Waals surface area (Å²) >= 11 is 1.08. The molecule has 8 heteroatoms. The lowest BCUT2D eigenvalue weighted by Gasteiger charge is -2.25. The minimum atomic E-state index is -3.70. The van der Waals surface area contributed by atoms with E-state index in [1.807, 2.05) is 24.3 Å². The van der Waals surface area contributed by atoms with Gasteiger partial charge in [-0.15, -0.1) is 11.3 Å². The third-order valence-electron chi connectivity index (χ3n) is 4.98. The SMILES string of the molecule is COc1ccc2ccc(OC(=O)c3sccc3S(=O)(=O)N3CCCCC3)cc2c1. The van der Waals surface area contributed by atoms with Crippen molar-refractivity contribution in [1.29, 1.82) is 0 Å². The van der Waals surface area contributed by atoms with Gasteiger partial charge in [0.2, 0.25) is 10.0 Å². The second-order valence-corrected chi connectivity index (χ2v) is 9.67. The van der Waals surface area contributed by atoms with Crippen LogP contribution < -0.4 is 9.47 Å². The Morgan fingerprint density at radius 2 is 1.66 bits per heavy atom. The van der Waals surface area contributed by atoms with Gasteiger partial charge in [0.25, 0.3) is 0 Å². The molecule has 152 valence electrons. The number of piperidine rings is 1. The number of sulfonamides is 1. The summed E-state index contributed by atoms with van der Waals surface area (Å²) < 4.78 is 38.2. The van der Waals surface area contributed by atoms with Gasteiger partial charge in [0.05, 0.1) is 7.11 Å². The smallest absolute Gasteiger partial charge is 0.355 e. The lowest BCUT2D eigenvalue weighted by molar-refractivity contribution is 0.0736. The van der Waals surface area contributed by atoms with Crippen LogP contribution in [0.25, 0.3) is 10.8 Å². The van der Waals surface area contributed by atoms with E-state index in [0.717, 1.165) is 41.4 Å². The Labute approximate surface area is 173 Å². The third kappa shape index (κ3) is 4.01. The first kappa shape index (κ1) is 19.9. The lowest BCUT2D eigenvalue weighted by atomic mass is 10.1. The fourth-order valence-electron chi connectivity index (χ4n) is 3.44. The molecular formula is C21H21NO5S2. The second kappa shape index (κ2) is 8.14. The molecule has 0 atom stereocenters. The van der Waals surface area contributed by atoms with Crippen molar-refractivity contribution in [2.75, 3.05) is 20.2 Å². The average Bonchev–Trinajstić information content (AvgIpc) is 3.25. The van der Waals surface area contributed by atoms with Crippen molar-refractivity contribution in [2.45, 2.75) is 24.2 Å². The zero-order chi connectivity index (χ0) is 20.4. The van der Waals surface area contributed by atoms with E-state index in [-0.39, 0.29) is 9.77 Å². The van der Waals surface area contributed by atoms with Crippen molar-refractivity contribution in [3.63, 3.8) is 0 Å². The minimum Gasteiger partial charge on any atom is -0.497 e. The largest absolute Gasteiger partial charge is 0.497 e. The highest BCUT2D eigenvalue weighted by Gasteiger charge is 2.31. The Kier molecular flexibility index (Phi) is 5.58. The van der Waals surface area contributed by atoms with Crippen LogP contribution in [0.2, 0.25) is 0 Å². The van der Waals surface area contributed by atoms with Gasteiger partial charge in [-0.1, -0.05) is 18.6 Å². The summed E-state index contributed by atoms with van der Waals surface area (Å²) in [6.45, 7) is 0.971. The van der Waals surface area contributed by atoms with Crippen LogP contribution in [0.4, 0.5) is 0 Å². The van der Waals surface area contributed by atoms with Crippen LogP contribution in [0, 0.1) is 0 Å². The van der Waals surface area contributed by atoms with E-state index in [1.54, 1.807) is 24.6 Å². The summed E-state index contributed by atoms with van der Waals surface area (Å²) in [5.74, 6) is 0.387. The van der Waals surface area contributed by atoms with E-state index < -0.39 is 16.0 Å². The maximum atomic E-state index is 13.0. The van der Waals surface area contributed by atoms with Gasteiger partial charge in [-0.2, -0.15) is 4.31 Å². The summed E-state index contributed by atoms with van der Waals surface area (Å²) in [5.41, 5.74) is 0. The van der Waals surface area contributed by atoms with Crippen LogP contribution in [0.15, 0.2) is 52.7 Å². The van der Waals surface area contributed by atoms with Gasteiger partial charge < -0.3 is 9.47 Å². The Balaban J connectivity index is 1.60. The zero-order valence-electron chi connectivity index (χ0n) is 16.0. The molecule has 4 rings (SSSR count). The van der Waals surface area contributed by atoms with Gasteiger partial charge in [-0.05, 0) is 59.3 Å². The first-order valence-electron chi connectivity index (χ1n) is 9.37. The van der Waals surface area contributed by atoms with Gasteiger partial charge in [-0.3, -0.25) is 0 Å². The molecule has 0 amide bonds. The number of benzene rings is 2. The van der Waals surface area contributed by atoms with Crippen molar-refractivity contribution in [3.8, 4) is 11.5 Å². The number of hydrogen-bond donors (Lipinski definition) is 0.